The van der Waals surface area contributed by atoms with Crippen molar-refractivity contribution in [3.8, 4) is 0 Å². The van der Waals surface area contributed by atoms with E-state index in [0.29, 0.717) is 24.9 Å². The first kappa shape index (κ1) is 21.3. The van der Waals surface area contributed by atoms with Crippen molar-refractivity contribution in [2.45, 2.75) is 44.6 Å². The van der Waals surface area contributed by atoms with Crippen LogP contribution in [0.15, 0.2) is 28.8 Å². The fourth-order valence-electron chi connectivity index (χ4n) is 4.53. The summed E-state index contributed by atoms with van der Waals surface area (Å²) in [6, 6.07) is 8.09. The maximum atomic E-state index is 12.7. The molecule has 1 N–H and O–H groups in total. The highest BCUT2D eigenvalue weighted by molar-refractivity contribution is 6.31. The highest BCUT2D eigenvalue weighted by atomic mass is 35.5. The molecule has 1 unspecified atom stereocenters. The Morgan fingerprint density at radius 1 is 1.23 bits per heavy atom. The number of amides is 1. The van der Waals surface area contributed by atoms with Crippen molar-refractivity contribution in [2.75, 3.05) is 39.3 Å². The van der Waals surface area contributed by atoms with Gasteiger partial charge in [0.25, 0.3) is 0 Å². The second-order valence-electron chi connectivity index (χ2n) is 8.31. The highest BCUT2D eigenvalue weighted by Crippen LogP contribution is 2.30. The van der Waals surface area contributed by atoms with Crippen molar-refractivity contribution < 1.29 is 9.32 Å². The summed E-state index contributed by atoms with van der Waals surface area (Å²) in [6.07, 6.45) is 4.29. The van der Waals surface area contributed by atoms with Crippen molar-refractivity contribution in [2.24, 2.45) is 0 Å². The van der Waals surface area contributed by atoms with Gasteiger partial charge in [0.05, 0.1) is 12.6 Å². The van der Waals surface area contributed by atoms with Crippen LogP contribution in [0.5, 0.6) is 0 Å². The average molecular weight is 432 g/mol. The van der Waals surface area contributed by atoms with Gasteiger partial charge in [-0.3, -0.25) is 14.6 Å². The molecule has 4 rings (SSSR count). The zero-order valence-corrected chi connectivity index (χ0v) is 18.3. The first-order valence-corrected chi connectivity index (χ1v) is 11.3. The first-order valence-electron chi connectivity index (χ1n) is 10.9. The van der Waals surface area contributed by atoms with Gasteiger partial charge in [0.2, 0.25) is 11.8 Å². The van der Waals surface area contributed by atoms with Crippen molar-refractivity contribution in [1.82, 2.24) is 25.3 Å². The fourth-order valence-corrected chi connectivity index (χ4v) is 4.80. The number of benzene rings is 1. The number of likely N-dealkylation sites (tertiary alicyclic amines) is 2. The van der Waals surface area contributed by atoms with E-state index >= 15 is 0 Å². The zero-order valence-electron chi connectivity index (χ0n) is 17.5. The third-order valence-corrected chi connectivity index (χ3v) is 6.55. The van der Waals surface area contributed by atoms with Crippen LogP contribution in [0, 0.1) is 6.92 Å². The van der Waals surface area contributed by atoms with Crippen LogP contribution in [0.1, 0.15) is 54.9 Å². The van der Waals surface area contributed by atoms with Crippen LogP contribution in [0.3, 0.4) is 0 Å². The van der Waals surface area contributed by atoms with E-state index in [9.17, 15) is 4.79 Å². The molecular formula is C22H30ClN5O2. The predicted molar refractivity (Wildman–Crippen MR) is 115 cm³/mol. The summed E-state index contributed by atoms with van der Waals surface area (Å²) in [5, 5.41) is 7.97. The van der Waals surface area contributed by atoms with Crippen LogP contribution in [0.4, 0.5) is 0 Å². The van der Waals surface area contributed by atoms with E-state index < -0.39 is 0 Å². The summed E-state index contributed by atoms with van der Waals surface area (Å²) in [5.74, 6) is 1.80. The molecule has 0 spiro atoms. The number of piperidine rings is 1. The molecule has 1 aromatic carbocycles. The minimum atomic E-state index is 0.0695. The molecule has 30 heavy (non-hydrogen) atoms. The number of nitrogens with one attached hydrogen (secondary N) is 1. The fraction of sp³-hybridized carbons (Fsp3) is 0.591. The van der Waals surface area contributed by atoms with E-state index in [-0.39, 0.29) is 11.9 Å². The van der Waals surface area contributed by atoms with E-state index in [1.807, 2.05) is 25.1 Å². The summed E-state index contributed by atoms with van der Waals surface area (Å²) in [6.45, 7) is 6.66. The number of aryl methyl sites for hydroxylation is 1. The summed E-state index contributed by atoms with van der Waals surface area (Å²) < 4.78 is 5.10. The van der Waals surface area contributed by atoms with Gasteiger partial charge in [-0.15, -0.1) is 0 Å². The minimum absolute atomic E-state index is 0.0695. The molecule has 1 atom stereocenters. The SMILES string of the molecule is Cc1nc(C2CCN(CC(=O)NCC(c3ccccc3Cl)N3CCCC3)CC2)no1. The molecule has 2 fully saturated rings. The smallest absolute Gasteiger partial charge is 0.234 e. The highest BCUT2D eigenvalue weighted by Gasteiger charge is 2.27. The number of halogens is 1. The van der Waals surface area contributed by atoms with Gasteiger partial charge in [-0.05, 0) is 63.5 Å². The topological polar surface area (TPSA) is 74.5 Å². The zero-order chi connectivity index (χ0) is 20.9. The lowest BCUT2D eigenvalue weighted by Crippen LogP contribution is -2.43. The molecule has 2 aliphatic heterocycles. The lowest BCUT2D eigenvalue weighted by atomic mass is 9.96. The number of hydrogen-bond donors (Lipinski definition) is 1. The lowest BCUT2D eigenvalue weighted by molar-refractivity contribution is -0.122. The molecule has 8 heteroatoms. The largest absolute Gasteiger partial charge is 0.353 e. The van der Waals surface area contributed by atoms with Gasteiger partial charge >= 0.3 is 0 Å². The van der Waals surface area contributed by atoms with Gasteiger partial charge in [0.1, 0.15) is 0 Å². The number of carbonyl (C=O) groups is 1. The van der Waals surface area contributed by atoms with Crippen molar-refractivity contribution in [1.29, 1.82) is 0 Å². The van der Waals surface area contributed by atoms with Gasteiger partial charge in [-0.1, -0.05) is 35.0 Å². The molecule has 1 amide bonds. The molecule has 0 aliphatic carbocycles. The second kappa shape index (κ2) is 9.90. The maximum Gasteiger partial charge on any atom is 0.234 e. The first-order chi connectivity index (χ1) is 14.6. The van der Waals surface area contributed by atoms with E-state index in [0.717, 1.165) is 55.4 Å². The summed E-state index contributed by atoms with van der Waals surface area (Å²) in [5.41, 5.74) is 1.09. The Labute approximate surface area is 182 Å². The van der Waals surface area contributed by atoms with E-state index in [4.69, 9.17) is 16.1 Å². The van der Waals surface area contributed by atoms with Gasteiger partial charge in [0, 0.05) is 24.4 Å². The Hall–Kier alpha value is -1.96. The monoisotopic (exact) mass is 431 g/mol. The summed E-state index contributed by atoms with van der Waals surface area (Å²) in [7, 11) is 0. The van der Waals surface area contributed by atoms with Gasteiger partial charge in [-0.25, -0.2) is 0 Å². The molecular weight excluding hydrogens is 402 g/mol. The van der Waals surface area contributed by atoms with Gasteiger partial charge in [-0.2, -0.15) is 4.98 Å². The molecule has 162 valence electrons. The van der Waals surface area contributed by atoms with Crippen LogP contribution in [-0.2, 0) is 4.79 Å². The molecule has 1 aromatic heterocycles. The molecule has 0 radical (unpaired) electrons. The Morgan fingerprint density at radius 3 is 2.63 bits per heavy atom. The van der Waals surface area contributed by atoms with Gasteiger partial charge in [0.15, 0.2) is 5.82 Å². The third kappa shape index (κ3) is 5.20. The summed E-state index contributed by atoms with van der Waals surface area (Å²) >= 11 is 6.47. The van der Waals surface area contributed by atoms with E-state index in [1.54, 1.807) is 0 Å². The van der Waals surface area contributed by atoms with E-state index in [1.165, 1.54) is 12.8 Å². The van der Waals surface area contributed by atoms with E-state index in [2.05, 4.69) is 31.3 Å². The van der Waals surface area contributed by atoms with Crippen LogP contribution >= 0.6 is 11.6 Å². The number of aromatic nitrogens is 2. The Kier molecular flexibility index (Phi) is 7.02. The minimum Gasteiger partial charge on any atom is -0.353 e. The van der Waals surface area contributed by atoms with Crippen LogP contribution in [0.2, 0.25) is 5.02 Å². The lowest BCUT2D eigenvalue weighted by Gasteiger charge is -2.31. The Morgan fingerprint density at radius 2 is 1.97 bits per heavy atom. The molecule has 7 nitrogen and oxygen atoms in total. The standard InChI is InChI=1S/C22H30ClN5O2/c1-16-25-22(26-30-16)17-8-12-27(13-9-17)15-21(29)24-14-20(28-10-4-5-11-28)18-6-2-3-7-19(18)23/h2-3,6-7,17,20H,4-5,8-15H2,1H3,(H,24,29). The predicted octanol–water partition coefficient (Wildman–Crippen LogP) is 3.16. The third-order valence-electron chi connectivity index (χ3n) is 6.20. The van der Waals surface area contributed by atoms with Crippen molar-refractivity contribution in [3.63, 3.8) is 0 Å². The molecule has 0 saturated carbocycles. The maximum absolute atomic E-state index is 12.7. The van der Waals surface area contributed by atoms with Crippen molar-refractivity contribution in [3.05, 3.63) is 46.6 Å². The van der Waals surface area contributed by atoms with Crippen molar-refractivity contribution >= 4 is 17.5 Å². The summed E-state index contributed by atoms with van der Waals surface area (Å²) in [4.78, 5) is 21.6. The number of hydrogen-bond acceptors (Lipinski definition) is 6. The molecule has 2 saturated heterocycles. The quantitative estimate of drug-likeness (QED) is 0.725. The Bertz CT molecular complexity index is 844. The molecule has 3 heterocycles. The molecule has 2 aliphatic rings. The molecule has 2 aromatic rings. The normalized spacial score (nSPS) is 19.8. The van der Waals surface area contributed by atoms with Gasteiger partial charge < -0.3 is 9.84 Å². The average Bonchev–Trinajstić information content (AvgIpc) is 3.42. The number of nitrogens with zero attached hydrogens (tertiary/aromatic N) is 4. The van der Waals surface area contributed by atoms with Crippen LogP contribution in [0.25, 0.3) is 0 Å². The van der Waals surface area contributed by atoms with Crippen LogP contribution < -0.4 is 5.32 Å². The van der Waals surface area contributed by atoms with Crippen LogP contribution in [-0.4, -0.2) is 65.1 Å². The Balaban J connectivity index is 1.28. The second-order valence-corrected chi connectivity index (χ2v) is 8.71. The number of rotatable bonds is 7. The number of carbonyl (C=O) groups excluding carboxylic acids is 1. The molecule has 0 bridgehead atoms.